The molecular weight excluding hydrogens is 346 g/mol. The predicted molar refractivity (Wildman–Crippen MR) is 62.7 cm³/mol. The number of halogens is 2. The first kappa shape index (κ1) is 14.1. The monoisotopic (exact) mass is 355 g/mol. The van der Waals surface area contributed by atoms with Gasteiger partial charge in [-0.15, -0.1) is 17.8 Å². The largest absolute Gasteiger partial charge is 0.393 e. The molecule has 1 atom stereocenters. The molecule has 4 heteroatoms. The van der Waals surface area contributed by atoms with Crippen LogP contribution in [-0.2, 0) is 32.7 Å². The van der Waals surface area contributed by atoms with Gasteiger partial charge in [0.05, 0.1) is 0 Å². The Balaban J connectivity index is 0.00000128. The van der Waals surface area contributed by atoms with Gasteiger partial charge in [-0.3, -0.25) is 0 Å². The SMILES string of the molecule is C=C1NC(c2ccc(F)cc2)=[C-]CC1Br.[Y]. The fraction of sp³-hybridized carbons (Fsp3) is 0.167. The Kier molecular flexibility index (Phi) is 5.35. The normalized spacial score (nSPS) is 19.5. The zero-order valence-electron chi connectivity index (χ0n) is 8.63. The minimum atomic E-state index is -0.229. The summed E-state index contributed by atoms with van der Waals surface area (Å²) >= 11 is 3.47. The number of rotatable bonds is 1. The van der Waals surface area contributed by atoms with Crippen LogP contribution in [0.1, 0.15) is 12.0 Å². The van der Waals surface area contributed by atoms with Gasteiger partial charge in [0, 0.05) is 43.2 Å². The van der Waals surface area contributed by atoms with E-state index in [9.17, 15) is 4.39 Å². The zero-order valence-corrected chi connectivity index (χ0v) is 13.1. The Morgan fingerprint density at radius 1 is 1.38 bits per heavy atom. The van der Waals surface area contributed by atoms with Crippen LogP contribution in [-0.4, -0.2) is 4.83 Å². The third-order valence-electron chi connectivity index (χ3n) is 2.25. The van der Waals surface area contributed by atoms with Crippen LogP contribution in [0.4, 0.5) is 4.39 Å². The maximum atomic E-state index is 12.7. The molecule has 0 amide bonds. The number of benzene rings is 1. The molecule has 16 heavy (non-hydrogen) atoms. The topological polar surface area (TPSA) is 12.0 Å². The Morgan fingerprint density at radius 3 is 2.56 bits per heavy atom. The average molecular weight is 356 g/mol. The Labute approximate surface area is 128 Å². The second-order valence-corrected chi connectivity index (χ2v) is 4.49. The van der Waals surface area contributed by atoms with Crippen molar-refractivity contribution in [2.45, 2.75) is 11.2 Å². The molecular formula is C12H10BrFNY-. The van der Waals surface area contributed by atoms with Gasteiger partial charge in [-0.2, -0.15) is 5.56 Å². The fourth-order valence-corrected chi connectivity index (χ4v) is 1.67. The molecule has 1 heterocycles. The average Bonchev–Trinajstić information content (AvgIpc) is 2.23. The van der Waals surface area contributed by atoms with Crippen LogP contribution in [0.5, 0.6) is 0 Å². The summed E-state index contributed by atoms with van der Waals surface area (Å²) in [5.41, 5.74) is 2.71. The molecule has 1 aromatic carbocycles. The van der Waals surface area contributed by atoms with Gasteiger partial charge in [0.1, 0.15) is 5.82 Å². The van der Waals surface area contributed by atoms with Gasteiger partial charge in [0.15, 0.2) is 0 Å². The summed E-state index contributed by atoms with van der Waals surface area (Å²) in [5, 5.41) is 3.14. The van der Waals surface area contributed by atoms with Gasteiger partial charge in [0.25, 0.3) is 0 Å². The molecule has 0 aromatic heterocycles. The fourth-order valence-electron chi connectivity index (χ4n) is 1.39. The van der Waals surface area contributed by atoms with Gasteiger partial charge in [-0.25, -0.2) is 10.5 Å². The van der Waals surface area contributed by atoms with Crippen molar-refractivity contribution in [3.05, 3.63) is 54.0 Å². The van der Waals surface area contributed by atoms with E-state index in [0.29, 0.717) is 0 Å². The number of alkyl halides is 1. The number of allylic oxidation sites excluding steroid dienone is 2. The van der Waals surface area contributed by atoms with Crippen LogP contribution in [0.25, 0.3) is 5.70 Å². The molecule has 1 nitrogen and oxygen atoms in total. The van der Waals surface area contributed by atoms with Crippen molar-refractivity contribution in [2.24, 2.45) is 0 Å². The van der Waals surface area contributed by atoms with Crippen molar-refractivity contribution in [3.8, 4) is 0 Å². The number of hydrogen-bond donors (Lipinski definition) is 1. The first-order chi connectivity index (χ1) is 7.16. The van der Waals surface area contributed by atoms with Gasteiger partial charge < -0.3 is 5.32 Å². The third-order valence-corrected chi connectivity index (χ3v) is 3.13. The van der Waals surface area contributed by atoms with E-state index < -0.39 is 0 Å². The van der Waals surface area contributed by atoms with Crippen molar-refractivity contribution in [1.82, 2.24) is 5.32 Å². The molecule has 0 aliphatic carbocycles. The number of hydrogen-bond acceptors (Lipinski definition) is 1. The molecule has 0 bridgehead atoms. The van der Waals surface area contributed by atoms with Crippen LogP contribution in [0, 0.1) is 11.9 Å². The van der Waals surface area contributed by atoms with Crippen molar-refractivity contribution >= 4 is 21.6 Å². The third kappa shape index (κ3) is 3.25. The second-order valence-electron chi connectivity index (χ2n) is 3.38. The van der Waals surface area contributed by atoms with E-state index in [4.69, 9.17) is 0 Å². The molecule has 2 rings (SSSR count). The van der Waals surface area contributed by atoms with Gasteiger partial charge >= 0.3 is 0 Å². The van der Waals surface area contributed by atoms with E-state index in [0.717, 1.165) is 23.4 Å². The standard InChI is InChI=1S/C12H10BrFN.Y/c1-8-11(13)6-7-12(15-8)9-2-4-10(14)5-3-9;/h2-5,11,15H,1,6H2;/q-1;. The maximum absolute atomic E-state index is 12.7. The first-order valence-corrected chi connectivity index (χ1v) is 5.55. The second kappa shape index (κ2) is 6.08. The van der Waals surface area contributed by atoms with E-state index in [1.807, 2.05) is 0 Å². The minimum Gasteiger partial charge on any atom is -0.393 e. The molecule has 1 N–H and O–H groups in total. The maximum Gasteiger partial charge on any atom is 0.120 e. The first-order valence-electron chi connectivity index (χ1n) is 4.63. The summed E-state index contributed by atoms with van der Waals surface area (Å²) in [6.07, 6.45) is 3.99. The van der Waals surface area contributed by atoms with E-state index in [2.05, 4.69) is 33.9 Å². The molecule has 0 saturated carbocycles. The Bertz CT molecular complexity index is 414. The van der Waals surface area contributed by atoms with Gasteiger partial charge in [0.2, 0.25) is 0 Å². The summed E-state index contributed by atoms with van der Waals surface area (Å²) in [4.78, 5) is 0.224. The molecule has 1 radical (unpaired) electrons. The number of nitrogens with one attached hydrogen (secondary N) is 1. The van der Waals surface area contributed by atoms with Crippen molar-refractivity contribution in [1.29, 1.82) is 0 Å². The predicted octanol–water partition coefficient (Wildman–Crippen LogP) is 3.24. The van der Waals surface area contributed by atoms with Gasteiger partial charge in [-0.1, -0.05) is 28.9 Å². The van der Waals surface area contributed by atoms with Crippen LogP contribution in [0.15, 0.2) is 36.5 Å². The summed E-state index contributed by atoms with van der Waals surface area (Å²) in [7, 11) is 0. The van der Waals surface area contributed by atoms with Crippen LogP contribution >= 0.6 is 15.9 Å². The Morgan fingerprint density at radius 2 is 2.00 bits per heavy atom. The van der Waals surface area contributed by atoms with E-state index in [1.165, 1.54) is 12.1 Å². The minimum absolute atomic E-state index is 0. The van der Waals surface area contributed by atoms with E-state index in [-0.39, 0.29) is 43.4 Å². The molecule has 1 aliphatic rings. The van der Waals surface area contributed by atoms with Crippen LogP contribution in [0.2, 0.25) is 0 Å². The van der Waals surface area contributed by atoms with Crippen molar-refractivity contribution in [3.63, 3.8) is 0 Å². The van der Waals surface area contributed by atoms with Crippen LogP contribution in [0.3, 0.4) is 0 Å². The summed E-state index contributed by atoms with van der Waals surface area (Å²) in [6, 6.07) is 6.34. The summed E-state index contributed by atoms with van der Waals surface area (Å²) in [6.45, 7) is 3.90. The van der Waals surface area contributed by atoms with E-state index in [1.54, 1.807) is 12.1 Å². The molecule has 1 unspecified atom stereocenters. The van der Waals surface area contributed by atoms with E-state index >= 15 is 0 Å². The van der Waals surface area contributed by atoms with Crippen molar-refractivity contribution < 1.29 is 37.1 Å². The smallest absolute Gasteiger partial charge is 0.120 e. The summed E-state index contributed by atoms with van der Waals surface area (Å²) < 4.78 is 12.7. The molecule has 1 aromatic rings. The molecule has 0 spiro atoms. The zero-order chi connectivity index (χ0) is 10.8. The molecule has 81 valence electrons. The molecule has 0 saturated heterocycles. The molecule has 0 fully saturated rings. The quantitative estimate of drug-likeness (QED) is 0.602. The molecule has 1 aliphatic heterocycles. The van der Waals surface area contributed by atoms with Crippen molar-refractivity contribution in [2.75, 3.05) is 0 Å². The van der Waals surface area contributed by atoms with Gasteiger partial charge in [-0.05, 0) is 12.1 Å². The Hall–Kier alpha value is 0.0139. The summed E-state index contributed by atoms with van der Waals surface area (Å²) in [5.74, 6) is -0.229. The van der Waals surface area contributed by atoms with Crippen LogP contribution < -0.4 is 5.32 Å².